The maximum absolute atomic E-state index is 13.3. The minimum Gasteiger partial charge on any atom is -0.274 e. The molecule has 5 heteroatoms. The quantitative estimate of drug-likeness (QED) is 0.778. The van der Waals surface area contributed by atoms with Gasteiger partial charge in [0.1, 0.15) is 5.82 Å². The number of hydrogen-bond acceptors (Lipinski definition) is 2. The Labute approximate surface area is 129 Å². The molecular formula is C16H11BrFNO2. The van der Waals surface area contributed by atoms with Crippen LogP contribution in [0.25, 0.3) is 0 Å². The van der Waals surface area contributed by atoms with E-state index >= 15 is 0 Å². The SMILES string of the molecule is O=C1CC(c2ccccc2)C(=O)N1c1ccc(F)c(Br)c1. The van der Waals surface area contributed by atoms with Gasteiger partial charge in [-0.25, -0.2) is 9.29 Å². The number of halogens is 2. The smallest absolute Gasteiger partial charge is 0.241 e. The molecule has 1 aliphatic heterocycles. The molecule has 1 saturated heterocycles. The van der Waals surface area contributed by atoms with Crippen LogP contribution in [-0.4, -0.2) is 11.8 Å². The van der Waals surface area contributed by atoms with E-state index in [2.05, 4.69) is 15.9 Å². The lowest BCUT2D eigenvalue weighted by Gasteiger charge is -2.15. The number of carbonyl (C=O) groups excluding carboxylic acids is 2. The van der Waals surface area contributed by atoms with Gasteiger partial charge in [0.15, 0.2) is 0 Å². The normalized spacial score (nSPS) is 18.4. The molecule has 1 atom stereocenters. The molecule has 0 radical (unpaired) electrons. The van der Waals surface area contributed by atoms with Crippen LogP contribution in [0.3, 0.4) is 0 Å². The molecule has 1 heterocycles. The first kappa shape index (κ1) is 13.9. The van der Waals surface area contributed by atoms with Crippen molar-refractivity contribution in [2.24, 2.45) is 0 Å². The molecule has 21 heavy (non-hydrogen) atoms. The van der Waals surface area contributed by atoms with Gasteiger partial charge in [-0.3, -0.25) is 9.59 Å². The molecule has 3 rings (SSSR count). The second-order valence-corrected chi connectivity index (χ2v) is 5.69. The van der Waals surface area contributed by atoms with Crippen LogP contribution in [0.1, 0.15) is 17.9 Å². The molecule has 0 saturated carbocycles. The van der Waals surface area contributed by atoms with Gasteiger partial charge >= 0.3 is 0 Å². The van der Waals surface area contributed by atoms with E-state index in [1.807, 2.05) is 30.3 Å². The third kappa shape index (κ3) is 2.49. The number of rotatable bonds is 2. The summed E-state index contributed by atoms with van der Waals surface area (Å²) in [6.07, 6.45) is 0.137. The molecule has 0 spiro atoms. The molecule has 1 unspecified atom stereocenters. The van der Waals surface area contributed by atoms with Crippen LogP contribution >= 0.6 is 15.9 Å². The second-order valence-electron chi connectivity index (χ2n) is 4.83. The molecule has 1 fully saturated rings. The fourth-order valence-corrected chi connectivity index (χ4v) is 2.84. The van der Waals surface area contributed by atoms with E-state index in [9.17, 15) is 14.0 Å². The molecule has 1 aliphatic rings. The van der Waals surface area contributed by atoms with Gasteiger partial charge in [0.05, 0.1) is 16.1 Å². The molecule has 2 aromatic rings. The topological polar surface area (TPSA) is 37.4 Å². The maximum Gasteiger partial charge on any atom is 0.241 e. The zero-order chi connectivity index (χ0) is 15.0. The van der Waals surface area contributed by atoms with Gasteiger partial charge < -0.3 is 0 Å². The third-order valence-electron chi connectivity index (χ3n) is 3.51. The number of carbonyl (C=O) groups is 2. The molecular weight excluding hydrogens is 337 g/mol. The van der Waals surface area contributed by atoms with Crippen molar-refractivity contribution in [3.05, 3.63) is 64.4 Å². The van der Waals surface area contributed by atoms with Crippen molar-refractivity contribution in [1.29, 1.82) is 0 Å². The first-order valence-electron chi connectivity index (χ1n) is 6.44. The lowest BCUT2D eigenvalue weighted by atomic mass is 9.98. The van der Waals surface area contributed by atoms with Gasteiger partial charge in [0.25, 0.3) is 0 Å². The zero-order valence-corrected chi connectivity index (χ0v) is 12.5. The molecule has 2 amide bonds. The fourth-order valence-electron chi connectivity index (χ4n) is 2.47. The van der Waals surface area contributed by atoms with Crippen molar-refractivity contribution in [1.82, 2.24) is 0 Å². The van der Waals surface area contributed by atoms with E-state index in [0.717, 1.165) is 10.5 Å². The number of hydrogen-bond donors (Lipinski definition) is 0. The Hall–Kier alpha value is -2.01. The van der Waals surface area contributed by atoms with Gasteiger partial charge in [-0.2, -0.15) is 0 Å². The number of imide groups is 1. The Morgan fingerprint density at radius 3 is 2.48 bits per heavy atom. The van der Waals surface area contributed by atoms with E-state index < -0.39 is 11.7 Å². The predicted molar refractivity (Wildman–Crippen MR) is 80.4 cm³/mol. The Kier molecular flexibility index (Phi) is 3.59. The maximum atomic E-state index is 13.3. The van der Waals surface area contributed by atoms with Crippen LogP contribution in [0.2, 0.25) is 0 Å². The zero-order valence-electron chi connectivity index (χ0n) is 10.9. The lowest BCUT2D eigenvalue weighted by Crippen LogP contribution is -2.30. The first-order valence-corrected chi connectivity index (χ1v) is 7.24. The summed E-state index contributed by atoms with van der Waals surface area (Å²) >= 11 is 3.07. The van der Waals surface area contributed by atoms with Crippen LogP contribution in [-0.2, 0) is 9.59 Å². The van der Waals surface area contributed by atoms with E-state index in [1.165, 1.54) is 18.2 Å². The monoisotopic (exact) mass is 347 g/mol. The second kappa shape index (κ2) is 5.41. The summed E-state index contributed by atoms with van der Waals surface area (Å²) in [7, 11) is 0. The van der Waals surface area contributed by atoms with Crippen molar-refractivity contribution < 1.29 is 14.0 Å². The minimum atomic E-state index is -0.470. The lowest BCUT2D eigenvalue weighted by molar-refractivity contribution is -0.121. The van der Waals surface area contributed by atoms with Crippen LogP contribution in [0.4, 0.5) is 10.1 Å². The number of benzene rings is 2. The summed E-state index contributed by atoms with van der Waals surface area (Å²) in [5.74, 6) is -1.45. The summed E-state index contributed by atoms with van der Waals surface area (Å²) in [6.45, 7) is 0. The van der Waals surface area contributed by atoms with Crippen molar-refractivity contribution in [2.45, 2.75) is 12.3 Å². The van der Waals surface area contributed by atoms with Crippen LogP contribution in [0.5, 0.6) is 0 Å². The van der Waals surface area contributed by atoms with E-state index in [-0.39, 0.29) is 22.7 Å². The summed E-state index contributed by atoms with van der Waals surface area (Å²) in [4.78, 5) is 25.8. The average Bonchev–Trinajstić information content (AvgIpc) is 2.78. The van der Waals surface area contributed by atoms with Crippen molar-refractivity contribution >= 4 is 33.4 Å². The van der Waals surface area contributed by atoms with Crippen molar-refractivity contribution in [2.75, 3.05) is 4.90 Å². The Morgan fingerprint density at radius 2 is 1.81 bits per heavy atom. The van der Waals surface area contributed by atoms with Crippen LogP contribution < -0.4 is 4.90 Å². The highest BCUT2D eigenvalue weighted by Crippen LogP contribution is 2.34. The molecule has 0 N–H and O–H groups in total. The van der Waals surface area contributed by atoms with Gasteiger partial charge in [0.2, 0.25) is 11.8 Å². The first-order chi connectivity index (χ1) is 10.1. The number of nitrogens with zero attached hydrogens (tertiary/aromatic N) is 1. The van der Waals surface area contributed by atoms with Crippen LogP contribution in [0, 0.1) is 5.82 Å². The highest BCUT2D eigenvalue weighted by Gasteiger charge is 2.40. The molecule has 2 aromatic carbocycles. The van der Waals surface area contributed by atoms with E-state index in [4.69, 9.17) is 0 Å². The predicted octanol–water partition coefficient (Wildman–Crippen LogP) is 3.64. The highest BCUT2D eigenvalue weighted by atomic mass is 79.9. The van der Waals surface area contributed by atoms with Gasteiger partial charge in [0, 0.05) is 6.42 Å². The highest BCUT2D eigenvalue weighted by molar-refractivity contribution is 9.10. The average molecular weight is 348 g/mol. The van der Waals surface area contributed by atoms with Gasteiger partial charge in [-0.1, -0.05) is 30.3 Å². The van der Waals surface area contributed by atoms with Gasteiger partial charge in [-0.05, 0) is 39.7 Å². The largest absolute Gasteiger partial charge is 0.274 e. The van der Waals surface area contributed by atoms with Crippen molar-refractivity contribution in [3.63, 3.8) is 0 Å². The molecule has 0 aliphatic carbocycles. The minimum absolute atomic E-state index is 0.137. The number of anilines is 1. The Morgan fingerprint density at radius 1 is 1.10 bits per heavy atom. The third-order valence-corrected chi connectivity index (χ3v) is 4.12. The summed E-state index contributed by atoms with van der Waals surface area (Å²) < 4.78 is 13.5. The van der Waals surface area contributed by atoms with E-state index in [1.54, 1.807) is 0 Å². The van der Waals surface area contributed by atoms with Crippen molar-refractivity contribution in [3.8, 4) is 0 Å². The van der Waals surface area contributed by atoms with Crippen LogP contribution in [0.15, 0.2) is 53.0 Å². The van der Waals surface area contributed by atoms with Gasteiger partial charge in [-0.15, -0.1) is 0 Å². The molecule has 0 aromatic heterocycles. The van der Waals surface area contributed by atoms with E-state index in [0.29, 0.717) is 5.69 Å². The summed E-state index contributed by atoms with van der Waals surface area (Å²) in [6, 6.07) is 13.3. The molecule has 106 valence electrons. The molecule has 3 nitrogen and oxygen atoms in total. The summed E-state index contributed by atoms with van der Waals surface area (Å²) in [5, 5.41) is 0. The Balaban J connectivity index is 1.96. The molecule has 0 bridgehead atoms. The fraction of sp³-hybridized carbons (Fsp3) is 0.125. The standard InChI is InChI=1S/C16H11BrFNO2/c17-13-8-11(6-7-14(13)18)19-15(20)9-12(16(19)21)10-4-2-1-3-5-10/h1-8,12H,9H2. The number of amides is 2. The Bertz CT molecular complexity index is 717. The summed E-state index contributed by atoms with van der Waals surface area (Å²) in [5.41, 5.74) is 1.20.